The van der Waals surface area contributed by atoms with Crippen LogP contribution >= 0.6 is 23.1 Å². The molecule has 0 saturated heterocycles. The monoisotopic (exact) mass is 426 g/mol. The SMILES string of the molecule is CC(=O)N(c1nnc(SCC(=O)Nc2ccc(S(C)(=O)=O)cc2)s1)C1CC1. The van der Waals surface area contributed by atoms with Crippen LogP contribution in [0.4, 0.5) is 10.8 Å². The first-order valence-corrected chi connectivity index (χ1v) is 11.8. The zero-order valence-electron chi connectivity index (χ0n) is 14.7. The van der Waals surface area contributed by atoms with Gasteiger partial charge in [0.1, 0.15) is 0 Å². The molecule has 1 fully saturated rings. The molecule has 1 N–H and O–H groups in total. The van der Waals surface area contributed by atoms with Gasteiger partial charge in [0.05, 0.1) is 10.6 Å². The van der Waals surface area contributed by atoms with E-state index in [4.69, 9.17) is 0 Å². The van der Waals surface area contributed by atoms with E-state index in [-0.39, 0.29) is 28.5 Å². The summed E-state index contributed by atoms with van der Waals surface area (Å²) < 4.78 is 23.5. The largest absolute Gasteiger partial charge is 0.325 e. The second-order valence-electron chi connectivity index (χ2n) is 6.10. The van der Waals surface area contributed by atoms with E-state index < -0.39 is 9.84 Å². The third-order valence-corrected chi connectivity index (χ3v) is 6.93. The van der Waals surface area contributed by atoms with E-state index >= 15 is 0 Å². The van der Waals surface area contributed by atoms with Gasteiger partial charge in [0.2, 0.25) is 16.9 Å². The average Bonchev–Trinajstić information content (AvgIpc) is 3.30. The molecular weight excluding hydrogens is 408 g/mol. The lowest BCUT2D eigenvalue weighted by molar-refractivity contribution is -0.116. The van der Waals surface area contributed by atoms with E-state index in [2.05, 4.69) is 15.5 Å². The third kappa shape index (κ3) is 5.27. The first kappa shape index (κ1) is 19.8. The molecule has 1 aromatic heterocycles. The zero-order chi connectivity index (χ0) is 19.6. The van der Waals surface area contributed by atoms with Crippen molar-refractivity contribution in [2.24, 2.45) is 0 Å². The van der Waals surface area contributed by atoms with Gasteiger partial charge < -0.3 is 5.32 Å². The number of amides is 2. The van der Waals surface area contributed by atoms with Crippen molar-refractivity contribution < 1.29 is 18.0 Å². The van der Waals surface area contributed by atoms with E-state index in [9.17, 15) is 18.0 Å². The minimum atomic E-state index is -3.27. The fourth-order valence-corrected chi connectivity index (χ4v) is 4.74. The lowest BCUT2D eigenvalue weighted by Crippen LogP contribution is -2.30. The highest BCUT2D eigenvalue weighted by atomic mass is 32.2. The Labute approximate surface area is 165 Å². The first-order chi connectivity index (χ1) is 12.7. The van der Waals surface area contributed by atoms with Crippen LogP contribution in [-0.2, 0) is 19.4 Å². The number of hydrogen-bond acceptors (Lipinski definition) is 8. The second kappa shape index (κ2) is 7.95. The van der Waals surface area contributed by atoms with Crippen LogP contribution in [0.15, 0.2) is 33.5 Å². The van der Waals surface area contributed by atoms with Gasteiger partial charge in [-0.2, -0.15) is 0 Å². The average molecular weight is 427 g/mol. The number of thioether (sulfide) groups is 1. The fraction of sp³-hybridized carbons (Fsp3) is 0.375. The summed E-state index contributed by atoms with van der Waals surface area (Å²) in [7, 11) is -3.27. The van der Waals surface area contributed by atoms with Crippen molar-refractivity contribution >= 4 is 55.6 Å². The predicted octanol–water partition coefficient (Wildman–Crippen LogP) is 2.19. The number of aromatic nitrogens is 2. The molecule has 2 aromatic rings. The summed E-state index contributed by atoms with van der Waals surface area (Å²) >= 11 is 2.53. The number of carbonyl (C=O) groups excluding carboxylic acids is 2. The number of nitrogens with one attached hydrogen (secondary N) is 1. The minimum absolute atomic E-state index is 0.0551. The summed E-state index contributed by atoms with van der Waals surface area (Å²) in [4.78, 5) is 25.7. The summed E-state index contributed by atoms with van der Waals surface area (Å²) in [6.45, 7) is 1.51. The van der Waals surface area contributed by atoms with Gasteiger partial charge in [0.15, 0.2) is 14.2 Å². The van der Waals surface area contributed by atoms with Crippen LogP contribution in [0.3, 0.4) is 0 Å². The molecule has 1 aliphatic carbocycles. The summed E-state index contributed by atoms with van der Waals surface area (Å²) in [6.07, 6.45) is 3.08. The van der Waals surface area contributed by atoms with Crippen LogP contribution in [0.25, 0.3) is 0 Å². The van der Waals surface area contributed by atoms with Gasteiger partial charge >= 0.3 is 0 Å². The third-order valence-electron chi connectivity index (χ3n) is 3.75. The quantitative estimate of drug-likeness (QED) is 0.534. The van der Waals surface area contributed by atoms with Gasteiger partial charge in [-0.1, -0.05) is 23.1 Å². The van der Waals surface area contributed by atoms with E-state index in [1.165, 1.54) is 42.2 Å². The highest BCUT2D eigenvalue weighted by Crippen LogP contribution is 2.35. The van der Waals surface area contributed by atoms with Crippen LogP contribution in [0, 0.1) is 0 Å². The van der Waals surface area contributed by atoms with Gasteiger partial charge in [-0.05, 0) is 37.1 Å². The van der Waals surface area contributed by atoms with E-state index in [0.29, 0.717) is 15.2 Å². The van der Waals surface area contributed by atoms with E-state index in [0.717, 1.165) is 19.1 Å². The van der Waals surface area contributed by atoms with Crippen LogP contribution in [-0.4, -0.2) is 48.5 Å². The van der Waals surface area contributed by atoms with Crippen LogP contribution in [0.1, 0.15) is 19.8 Å². The van der Waals surface area contributed by atoms with Crippen molar-refractivity contribution in [3.05, 3.63) is 24.3 Å². The molecule has 0 bridgehead atoms. The molecule has 1 aliphatic rings. The minimum Gasteiger partial charge on any atom is -0.325 e. The van der Waals surface area contributed by atoms with Gasteiger partial charge in [0, 0.05) is 24.9 Å². The Bertz CT molecular complexity index is 952. The molecule has 1 heterocycles. The second-order valence-corrected chi connectivity index (χ2v) is 10.3. The fourth-order valence-electron chi connectivity index (χ4n) is 2.35. The molecule has 0 unspecified atom stereocenters. The van der Waals surface area contributed by atoms with Crippen LogP contribution in [0.2, 0.25) is 0 Å². The number of hydrogen-bond donors (Lipinski definition) is 1. The number of anilines is 2. The molecule has 0 radical (unpaired) electrons. The van der Waals surface area contributed by atoms with Gasteiger partial charge in [-0.25, -0.2) is 8.42 Å². The Balaban J connectivity index is 1.54. The summed E-state index contributed by atoms with van der Waals surface area (Å²) in [5.41, 5.74) is 0.516. The molecule has 11 heteroatoms. The highest BCUT2D eigenvalue weighted by Gasteiger charge is 2.34. The van der Waals surface area contributed by atoms with Crippen molar-refractivity contribution in [3.8, 4) is 0 Å². The Morgan fingerprint density at radius 2 is 1.93 bits per heavy atom. The van der Waals surface area contributed by atoms with Crippen molar-refractivity contribution in [1.82, 2.24) is 10.2 Å². The maximum Gasteiger partial charge on any atom is 0.234 e. The molecule has 0 atom stereocenters. The van der Waals surface area contributed by atoms with Crippen LogP contribution in [0.5, 0.6) is 0 Å². The molecule has 144 valence electrons. The maximum absolute atomic E-state index is 12.1. The van der Waals surface area contributed by atoms with E-state index in [1.54, 1.807) is 17.0 Å². The van der Waals surface area contributed by atoms with Gasteiger partial charge in [0.25, 0.3) is 0 Å². The molecule has 1 saturated carbocycles. The van der Waals surface area contributed by atoms with Crippen LogP contribution < -0.4 is 10.2 Å². The predicted molar refractivity (Wildman–Crippen MR) is 105 cm³/mol. The summed E-state index contributed by atoms with van der Waals surface area (Å²) in [6, 6.07) is 6.20. The lowest BCUT2D eigenvalue weighted by Gasteiger charge is -2.15. The molecule has 0 aliphatic heterocycles. The molecule has 0 spiro atoms. The van der Waals surface area contributed by atoms with Crippen molar-refractivity contribution in [2.45, 2.75) is 35.0 Å². The topological polar surface area (TPSA) is 109 Å². The number of nitrogens with zero attached hydrogens (tertiary/aromatic N) is 3. The number of carbonyl (C=O) groups is 2. The molecule has 2 amide bonds. The Morgan fingerprint density at radius 3 is 2.48 bits per heavy atom. The Hall–Kier alpha value is -1.98. The van der Waals surface area contributed by atoms with E-state index in [1.807, 2.05) is 0 Å². The highest BCUT2D eigenvalue weighted by molar-refractivity contribution is 8.01. The zero-order valence-corrected chi connectivity index (χ0v) is 17.2. The number of sulfone groups is 1. The molecule has 3 rings (SSSR count). The lowest BCUT2D eigenvalue weighted by atomic mass is 10.3. The van der Waals surface area contributed by atoms with Gasteiger partial charge in [-0.15, -0.1) is 10.2 Å². The summed E-state index contributed by atoms with van der Waals surface area (Å²) in [5.74, 6) is -0.165. The number of rotatable bonds is 7. The first-order valence-electron chi connectivity index (χ1n) is 8.10. The van der Waals surface area contributed by atoms with Crippen molar-refractivity contribution in [1.29, 1.82) is 0 Å². The smallest absolute Gasteiger partial charge is 0.234 e. The normalized spacial score (nSPS) is 14.0. The Morgan fingerprint density at radius 1 is 1.26 bits per heavy atom. The molecule has 8 nitrogen and oxygen atoms in total. The molecule has 1 aromatic carbocycles. The summed E-state index contributed by atoms with van der Waals surface area (Å²) in [5, 5.41) is 11.4. The maximum atomic E-state index is 12.1. The number of benzene rings is 1. The standard InChI is InChI=1S/C16H18N4O4S3/c1-10(21)20(12-5-6-12)15-18-19-16(26-15)25-9-14(22)17-11-3-7-13(8-4-11)27(2,23)24/h3-4,7-8,12H,5-6,9H2,1-2H3,(H,17,22). The van der Waals surface area contributed by atoms with Crippen molar-refractivity contribution in [2.75, 3.05) is 22.2 Å². The Kier molecular flexibility index (Phi) is 5.82. The van der Waals surface area contributed by atoms with Crippen molar-refractivity contribution in [3.63, 3.8) is 0 Å². The molecular formula is C16H18N4O4S3. The van der Waals surface area contributed by atoms with Gasteiger partial charge in [-0.3, -0.25) is 14.5 Å². The molecule has 27 heavy (non-hydrogen) atoms.